The van der Waals surface area contributed by atoms with Gasteiger partial charge in [0, 0.05) is 35.4 Å². The summed E-state index contributed by atoms with van der Waals surface area (Å²) in [6, 6.07) is 15.8. The third-order valence-electron chi connectivity index (χ3n) is 7.18. The second-order valence-corrected chi connectivity index (χ2v) is 10.3. The molecule has 5 aromatic rings. The molecule has 1 N–H and O–H groups in total. The number of ketones is 1. The van der Waals surface area contributed by atoms with Crippen LogP contribution < -0.4 is 5.69 Å². The highest BCUT2D eigenvalue weighted by Gasteiger charge is 2.21. The van der Waals surface area contributed by atoms with Gasteiger partial charge in [0.25, 0.3) is 0 Å². The second kappa shape index (κ2) is 11.6. The number of nitrogens with one attached hydrogen (secondary N) is 1. The van der Waals surface area contributed by atoms with Crippen molar-refractivity contribution in [2.45, 2.75) is 59.4 Å². The normalized spacial score (nSPS) is 11.3. The fourth-order valence-corrected chi connectivity index (χ4v) is 5.07. The summed E-state index contributed by atoms with van der Waals surface area (Å²) in [5.74, 6) is 0.647. The summed E-state index contributed by atoms with van der Waals surface area (Å²) in [5, 5.41) is 14.2. The minimum absolute atomic E-state index is 0.0561. The van der Waals surface area contributed by atoms with Gasteiger partial charge in [-0.3, -0.25) is 18.9 Å². The lowest BCUT2D eigenvalue weighted by atomic mass is 9.96. The molecule has 3 aromatic heterocycles. The number of aromatic nitrogens is 7. The molecule has 0 aliphatic carbocycles. The fraction of sp³-hybridized carbons (Fsp3) is 0.290. The minimum Gasteiger partial charge on any atom is -0.294 e. The Hall–Kier alpha value is -4.66. The molecule has 0 bridgehead atoms. The van der Waals surface area contributed by atoms with Gasteiger partial charge in [0.2, 0.25) is 0 Å². The van der Waals surface area contributed by atoms with Crippen molar-refractivity contribution in [3.05, 3.63) is 100.0 Å². The van der Waals surface area contributed by atoms with E-state index in [1.54, 1.807) is 30.0 Å². The zero-order valence-corrected chi connectivity index (χ0v) is 23.3. The summed E-state index contributed by atoms with van der Waals surface area (Å²) < 4.78 is 3.52. The van der Waals surface area contributed by atoms with Crippen LogP contribution in [0.1, 0.15) is 73.6 Å². The Morgan fingerprint density at radius 3 is 2.52 bits per heavy atom. The second-order valence-electron chi connectivity index (χ2n) is 10.3. The Morgan fingerprint density at radius 1 is 1.05 bits per heavy atom. The number of rotatable bonds is 10. The average molecular weight is 536 g/mol. The molecule has 204 valence electrons. The molecule has 0 spiro atoms. The van der Waals surface area contributed by atoms with Gasteiger partial charge in [-0.2, -0.15) is 0 Å². The van der Waals surface area contributed by atoms with Crippen LogP contribution in [-0.4, -0.2) is 40.5 Å². The van der Waals surface area contributed by atoms with E-state index >= 15 is 0 Å². The highest BCUT2D eigenvalue weighted by atomic mass is 16.2. The highest BCUT2D eigenvalue weighted by Crippen LogP contribution is 2.30. The fourth-order valence-electron chi connectivity index (χ4n) is 5.07. The van der Waals surface area contributed by atoms with Crippen LogP contribution in [0.25, 0.3) is 28.2 Å². The topological polar surface area (TPSA) is 111 Å². The van der Waals surface area contributed by atoms with Crippen molar-refractivity contribution in [2.24, 2.45) is 0 Å². The third kappa shape index (κ3) is 5.27. The number of hydrogen-bond donors (Lipinski definition) is 1. The number of para-hydroxylation sites is 1. The van der Waals surface area contributed by atoms with Crippen molar-refractivity contribution in [2.75, 3.05) is 0 Å². The molecule has 0 aliphatic rings. The molecule has 0 fully saturated rings. The summed E-state index contributed by atoms with van der Waals surface area (Å²) in [4.78, 5) is 30.8. The number of imidazole rings is 1. The molecule has 2 aromatic carbocycles. The van der Waals surface area contributed by atoms with Crippen molar-refractivity contribution in [3.63, 3.8) is 0 Å². The standard InChI is InChI=1S/C31H33N7O2/c1-5-6-8-24-19-38(29-25(20(2)3)9-7-10-26(29)21(4)39)31(40)37(24)18-22-11-13-23(14-12-22)27-15-16-32-17-28(27)30-33-35-36-34-30/h7,9-17,19-20H,5-6,8,18H2,1-4H3,(H,33,34,35,36). The van der Waals surface area contributed by atoms with Gasteiger partial charge in [-0.25, -0.2) is 9.89 Å². The molecule has 0 atom stereocenters. The number of unbranched alkanes of at least 4 members (excludes halogenated alkanes) is 1. The molecule has 0 saturated heterocycles. The summed E-state index contributed by atoms with van der Waals surface area (Å²) in [6.45, 7) is 8.29. The van der Waals surface area contributed by atoms with Crippen LogP contribution in [0.5, 0.6) is 0 Å². The largest absolute Gasteiger partial charge is 0.333 e. The van der Waals surface area contributed by atoms with Gasteiger partial charge in [0.1, 0.15) is 0 Å². The van der Waals surface area contributed by atoms with E-state index in [0.29, 0.717) is 23.6 Å². The van der Waals surface area contributed by atoms with Crippen LogP contribution in [0.2, 0.25) is 0 Å². The predicted molar refractivity (Wildman–Crippen MR) is 155 cm³/mol. The first-order valence-corrected chi connectivity index (χ1v) is 13.6. The number of tetrazole rings is 1. The minimum atomic E-state index is -0.139. The zero-order chi connectivity index (χ0) is 28.2. The van der Waals surface area contributed by atoms with Crippen LogP contribution in [-0.2, 0) is 13.0 Å². The van der Waals surface area contributed by atoms with E-state index in [2.05, 4.69) is 46.4 Å². The SMILES string of the molecule is CCCCc1cn(-c2c(C(C)=O)cccc2C(C)C)c(=O)n1Cc1ccc(-c2ccncc2-c2nnn[nH]2)cc1. The Kier molecular flexibility index (Phi) is 7.82. The molecule has 40 heavy (non-hydrogen) atoms. The third-order valence-corrected chi connectivity index (χ3v) is 7.18. The average Bonchev–Trinajstić information content (AvgIpc) is 3.61. The van der Waals surface area contributed by atoms with E-state index in [-0.39, 0.29) is 17.4 Å². The summed E-state index contributed by atoms with van der Waals surface area (Å²) in [7, 11) is 0. The Morgan fingerprint density at radius 2 is 1.85 bits per heavy atom. The number of pyridine rings is 1. The van der Waals surface area contributed by atoms with Gasteiger partial charge in [-0.15, -0.1) is 5.10 Å². The van der Waals surface area contributed by atoms with Gasteiger partial charge >= 0.3 is 5.69 Å². The van der Waals surface area contributed by atoms with E-state index in [0.717, 1.165) is 52.8 Å². The van der Waals surface area contributed by atoms with Gasteiger partial charge in [0.05, 0.1) is 12.2 Å². The number of hydrogen-bond acceptors (Lipinski definition) is 6. The number of Topliss-reactive ketones (excluding diaryl/α,β-unsaturated/α-hetero) is 1. The molecule has 9 nitrogen and oxygen atoms in total. The maximum atomic E-state index is 14.0. The first-order chi connectivity index (χ1) is 19.4. The van der Waals surface area contributed by atoms with Gasteiger partial charge < -0.3 is 0 Å². The van der Waals surface area contributed by atoms with E-state index < -0.39 is 0 Å². The zero-order valence-electron chi connectivity index (χ0n) is 23.3. The predicted octanol–water partition coefficient (Wildman–Crippen LogP) is 5.60. The van der Waals surface area contributed by atoms with Gasteiger partial charge in [-0.05, 0) is 70.5 Å². The van der Waals surface area contributed by atoms with Crippen LogP contribution in [0.4, 0.5) is 0 Å². The Labute approximate surface area is 232 Å². The maximum absolute atomic E-state index is 14.0. The highest BCUT2D eigenvalue weighted by molar-refractivity contribution is 5.98. The van der Waals surface area contributed by atoms with Crippen LogP contribution in [0.15, 0.2) is 71.9 Å². The molecular weight excluding hydrogens is 502 g/mol. The first-order valence-electron chi connectivity index (χ1n) is 13.6. The number of aromatic amines is 1. The number of benzene rings is 2. The van der Waals surface area contributed by atoms with Crippen molar-refractivity contribution in [3.8, 4) is 28.2 Å². The van der Waals surface area contributed by atoms with Crippen molar-refractivity contribution >= 4 is 5.78 Å². The van der Waals surface area contributed by atoms with Crippen LogP contribution >= 0.6 is 0 Å². The molecular formula is C31H33N7O2. The molecule has 5 rings (SSSR count). The molecule has 0 radical (unpaired) electrons. The first kappa shape index (κ1) is 26.9. The number of carbonyl (C=O) groups is 1. The summed E-state index contributed by atoms with van der Waals surface area (Å²) in [5.41, 5.74) is 6.80. The number of aryl methyl sites for hydroxylation is 1. The van der Waals surface area contributed by atoms with Crippen LogP contribution in [0, 0.1) is 0 Å². The van der Waals surface area contributed by atoms with Crippen molar-refractivity contribution in [1.82, 2.24) is 34.7 Å². The Bertz CT molecular complexity index is 1680. The van der Waals surface area contributed by atoms with E-state index in [1.165, 1.54) is 0 Å². The lowest BCUT2D eigenvalue weighted by Crippen LogP contribution is -2.26. The van der Waals surface area contributed by atoms with E-state index in [1.807, 2.05) is 53.2 Å². The lowest BCUT2D eigenvalue weighted by Gasteiger charge is -2.16. The van der Waals surface area contributed by atoms with Gasteiger partial charge in [-0.1, -0.05) is 63.6 Å². The van der Waals surface area contributed by atoms with E-state index in [9.17, 15) is 9.59 Å². The smallest absolute Gasteiger partial charge is 0.294 e. The van der Waals surface area contributed by atoms with Crippen molar-refractivity contribution in [1.29, 1.82) is 0 Å². The number of nitrogens with zero attached hydrogens (tertiary/aromatic N) is 6. The molecule has 0 amide bonds. The van der Waals surface area contributed by atoms with Gasteiger partial charge in [0.15, 0.2) is 11.6 Å². The lowest BCUT2D eigenvalue weighted by molar-refractivity contribution is 0.101. The molecule has 0 saturated carbocycles. The molecule has 3 heterocycles. The monoisotopic (exact) mass is 535 g/mol. The number of H-pyrrole nitrogens is 1. The van der Waals surface area contributed by atoms with E-state index in [4.69, 9.17) is 0 Å². The van der Waals surface area contributed by atoms with Crippen molar-refractivity contribution < 1.29 is 4.79 Å². The maximum Gasteiger partial charge on any atom is 0.333 e. The van der Waals surface area contributed by atoms with Crippen LogP contribution in [0.3, 0.4) is 0 Å². The summed E-state index contributed by atoms with van der Waals surface area (Å²) in [6.07, 6.45) is 8.16. The molecule has 9 heteroatoms. The molecule has 0 aliphatic heterocycles. The quantitative estimate of drug-likeness (QED) is 0.233. The number of carbonyl (C=O) groups excluding carboxylic acids is 1. The molecule has 0 unspecified atom stereocenters. The summed E-state index contributed by atoms with van der Waals surface area (Å²) >= 11 is 0. The Balaban J connectivity index is 1.54.